The van der Waals surface area contributed by atoms with E-state index in [9.17, 15) is 9.59 Å². The third kappa shape index (κ3) is 3.21. The van der Waals surface area contributed by atoms with Gasteiger partial charge in [0.15, 0.2) is 0 Å². The largest absolute Gasteiger partial charge is 0.329 e. The van der Waals surface area contributed by atoms with E-state index < -0.39 is 0 Å². The number of hydrogen-bond acceptors (Lipinski definition) is 2. The van der Waals surface area contributed by atoms with Crippen LogP contribution in [0, 0.1) is 0 Å². The van der Waals surface area contributed by atoms with Gasteiger partial charge in [0.05, 0.1) is 11.0 Å². The van der Waals surface area contributed by atoms with E-state index in [1.54, 1.807) is 28.8 Å². The van der Waals surface area contributed by atoms with Gasteiger partial charge in [-0.3, -0.25) is 13.9 Å². The highest BCUT2D eigenvalue weighted by Gasteiger charge is 2.14. The Morgan fingerprint density at radius 2 is 1.79 bits per heavy atom. The number of para-hydroxylation sites is 2. The lowest BCUT2D eigenvalue weighted by Crippen LogP contribution is -2.29. The third-order valence-corrected chi connectivity index (χ3v) is 4.02. The van der Waals surface area contributed by atoms with Gasteiger partial charge in [-0.2, -0.15) is 0 Å². The van der Waals surface area contributed by atoms with E-state index in [0.29, 0.717) is 17.3 Å². The monoisotopic (exact) mass is 343 g/mol. The van der Waals surface area contributed by atoms with Crippen LogP contribution in [0.5, 0.6) is 0 Å². The second kappa shape index (κ2) is 6.93. The summed E-state index contributed by atoms with van der Waals surface area (Å²) in [6.45, 7) is 2.61. The normalized spacial score (nSPS) is 10.9. The molecule has 2 aromatic carbocycles. The summed E-state index contributed by atoms with van der Waals surface area (Å²) in [7, 11) is 0. The molecule has 0 atom stereocenters. The maximum atomic E-state index is 12.6. The maximum absolute atomic E-state index is 12.6. The Morgan fingerprint density at radius 1 is 1.08 bits per heavy atom. The molecule has 0 unspecified atom stereocenters. The van der Waals surface area contributed by atoms with Crippen LogP contribution in [0.15, 0.2) is 53.3 Å². The first kappa shape index (κ1) is 16.3. The Labute approximate surface area is 144 Å². The van der Waals surface area contributed by atoms with Crippen LogP contribution in [0.2, 0.25) is 5.02 Å². The van der Waals surface area contributed by atoms with Gasteiger partial charge in [-0.25, -0.2) is 4.79 Å². The minimum absolute atomic E-state index is 0.0391. The number of anilines is 1. The van der Waals surface area contributed by atoms with Crippen molar-refractivity contribution in [1.82, 2.24) is 9.13 Å². The van der Waals surface area contributed by atoms with Gasteiger partial charge in [0, 0.05) is 17.3 Å². The van der Waals surface area contributed by atoms with Gasteiger partial charge in [0.2, 0.25) is 5.91 Å². The van der Waals surface area contributed by atoms with Gasteiger partial charge in [0.1, 0.15) is 6.54 Å². The van der Waals surface area contributed by atoms with E-state index >= 15 is 0 Å². The molecule has 6 heteroatoms. The summed E-state index contributed by atoms with van der Waals surface area (Å²) in [6, 6.07) is 14.4. The molecule has 1 heterocycles. The fraction of sp³-hybridized carbons (Fsp3) is 0.222. The fourth-order valence-electron chi connectivity index (χ4n) is 2.78. The van der Waals surface area contributed by atoms with E-state index in [2.05, 4.69) is 5.32 Å². The molecule has 124 valence electrons. The van der Waals surface area contributed by atoms with Crippen LogP contribution in [0.1, 0.15) is 13.3 Å². The summed E-state index contributed by atoms with van der Waals surface area (Å²) >= 11 is 5.92. The number of nitrogens with one attached hydrogen (secondary N) is 1. The summed E-state index contributed by atoms with van der Waals surface area (Å²) in [5.74, 6) is -0.265. The number of carbonyl (C=O) groups is 1. The molecule has 0 saturated carbocycles. The molecule has 1 N–H and O–H groups in total. The molecule has 0 bridgehead atoms. The second-order valence-electron chi connectivity index (χ2n) is 5.57. The lowest BCUT2D eigenvalue weighted by molar-refractivity contribution is -0.116. The molecule has 0 radical (unpaired) electrons. The molecular weight excluding hydrogens is 326 g/mol. The van der Waals surface area contributed by atoms with E-state index in [1.165, 1.54) is 4.57 Å². The van der Waals surface area contributed by atoms with Crippen LogP contribution in [0.3, 0.4) is 0 Å². The number of amides is 1. The SMILES string of the molecule is CCCn1c(=O)n(CC(=O)Nc2cccc(Cl)c2)c2ccccc21. The number of nitrogens with zero attached hydrogens (tertiary/aromatic N) is 2. The van der Waals surface area contributed by atoms with E-state index in [0.717, 1.165) is 17.5 Å². The predicted molar refractivity (Wildman–Crippen MR) is 96.6 cm³/mol. The van der Waals surface area contributed by atoms with Crippen molar-refractivity contribution in [3.8, 4) is 0 Å². The molecule has 0 fully saturated rings. The number of aromatic nitrogens is 2. The molecule has 0 saturated heterocycles. The molecule has 3 rings (SSSR count). The van der Waals surface area contributed by atoms with Crippen molar-refractivity contribution in [3.63, 3.8) is 0 Å². The van der Waals surface area contributed by atoms with E-state index in [1.807, 2.05) is 31.2 Å². The Hall–Kier alpha value is -2.53. The third-order valence-electron chi connectivity index (χ3n) is 3.78. The number of hydrogen-bond donors (Lipinski definition) is 1. The first-order chi connectivity index (χ1) is 11.6. The van der Waals surface area contributed by atoms with E-state index in [-0.39, 0.29) is 18.1 Å². The van der Waals surface area contributed by atoms with Crippen LogP contribution in [0.4, 0.5) is 5.69 Å². The molecule has 24 heavy (non-hydrogen) atoms. The minimum Gasteiger partial charge on any atom is -0.324 e. The average Bonchev–Trinajstić information content (AvgIpc) is 2.81. The van der Waals surface area contributed by atoms with Crippen molar-refractivity contribution in [2.24, 2.45) is 0 Å². The Bertz CT molecular complexity index is 943. The lowest BCUT2D eigenvalue weighted by Gasteiger charge is -2.06. The Kier molecular flexibility index (Phi) is 4.71. The molecule has 0 aliphatic heterocycles. The van der Waals surface area contributed by atoms with Gasteiger partial charge in [-0.15, -0.1) is 0 Å². The van der Waals surface area contributed by atoms with Crippen LogP contribution >= 0.6 is 11.6 Å². The summed E-state index contributed by atoms with van der Waals surface area (Å²) in [6.07, 6.45) is 0.850. The topological polar surface area (TPSA) is 56.0 Å². The average molecular weight is 344 g/mol. The number of carbonyl (C=O) groups excluding carboxylic acids is 1. The molecule has 5 nitrogen and oxygen atoms in total. The smallest absolute Gasteiger partial charge is 0.324 e. The van der Waals surface area contributed by atoms with Crippen molar-refractivity contribution in [2.75, 3.05) is 5.32 Å². The number of aryl methyl sites for hydroxylation is 1. The molecule has 1 aromatic heterocycles. The van der Waals surface area contributed by atoms with Crippen LogP contribution < -0.4 is 11.0 Å². The number of rotatable bonds is 5. The molecule has 1 amide bonds. The Morgan fingerprint density at radius 3 is 2.46 bits per heavy atom. The van der Waals surface area contributed by atoms with Gasteiger partial charge < -0.3 is 5.32 Å². The van der Waals surface area contributed by atoms with Crippen molar-refractivity contribution in [2.45, 2.75) is 26.4 Å². The van der Waals surface area contributed by atoms with Crippen LogP contribution in [0.25, 0.3) is 11.0 Å². The highest BCUT2D eigenvalue weighted by Crippen LogP contribution is 2.16. The standard InChI is InChI=1S/C18H18ClN3O2/c1-2-10-21-15-8-3-4-9-16(15)22(18(21)24)12-17(23)20-14-7-5-6-13(19)11-14/h3-9,11H,2,10,12H2,1H3,(H,20,23). The fourth-order valence-corrected chi connectivity index (χ4v) is 2.97. The van der Waals surface area contributed by atoms with Crippen molar-refractivity contribution < 1.29 is 4.79 Å². The van der Waals surface area contributed by atoms with Gasteiger partial charge in [-0.1, -0.05) is 36.7 Å². The quantitative estimate of drug-likeness (QED) is 0.770. The zero-order valence-corrected chi connectivity index (χ0v) is 14.1. The zero-order chi connectivity index (χ0) is 17.1. The number of benzene rings is 2. The summed E-state index contributed by atoms with van der Waals surface area (Å²) in [5, 5.41) is 3.32. The van der Waals surface area contributed by atoms with Crippen molar-refractivity contribution >= 4 is 34.2 Å². The minimum atomic E-state index is -0.265. The van der Waals surface area contributed by atoms with Crippen molar-refractivity contribution in [1.29, 1.82) is 0 Å². The first-order valence-electron chi connectivity index (χ1n) is 7.83. The summed E-state index contributed by atoms with van der Waals surface area (Å²) < 4.78 is 3.22. The van der Waals surface area contributed by atoms with Gasteiger partial charge in [-0.05, 0) is 36.8 Å². The number of fused-ring (bicyclic) bond motifs is 1. The molecule has 0 aliphatic carbocycles. The molecule has 0 spiro atoms. The van der Waals surface area contributed by atoms with Crippen molar-refractivity contribution in [3.05, 3.63) is 64.0 Å². The number of halogens is 1. The van der Waals surface area contributed by atoms with E-state index in [4.69, 9.17) is 11.6 Å². The second-order valence-corrected chi connectivity index (χ2v) is 6.00. The summed E-state index contributed by atoms with van der Waals surface area (Å²) in [4.78, 5) is 25.0. The molecule has 0 aliphatic rings. The van der Waals surface area contributed by atoms with Crippen LogP contribution in [-0.2, 0) is 17.9 Å². The number of imidazole rings is 1. The molecule has 3 aromatic rings. The highest BCUT2D eigenvalue weighted by molar-refractivity contribution is 6.30. The summed E-state index contributed by atoms with van der Waals surface area (Å²) in [5.41, 5.74) is 2.05. The van der Waals surface area contributed by atoms with Crippen LogP contribution in [-0.4, -0.2) is 15.0 Å². The van der Waals surface area contributed by atoms with Gasteiger partial charge >= 0.3 is 5.69 Å². The highest BCUT2D eigenvalue weighted by atomic mass is 35.5. The first-order valence-corrected chi connectivity index (χ1v) is 8.21. The maximum Gasteiger partial charge on any atom is 0.329 e. The Balaban J connectivity index is 1.91. The lowest BCUT2D eigenvalue weighted by atomic mass is 10.3. The predicted octanol–water partition coefficient (Wildman–Crippen LogP) is 3.51. The molecular formula is C18H18ClN3O2. The van der Waals surface area contributed by atoms with Gasteiger partial charge in [0.25, 0.3) is 0 Å². The zero-order valence-electron chi connectivity index (χ0n) is 13.3.